The van der Waals surface area contributed by atoms with Crippen molar-refractivity contribution in [3.05, 3.63) is 59.2 Å². The topological polar surface area (TPSA) is 108 Å². The number of hydrogen-bond acceptors (Lipinski definition) is 10. The minimum absolute atomic E-state index is 0.00259. The van der Waals surface area contributed by atoms with Crippen LogP contribution in [-0.4, -0.2) is 124 Å². The highest BCUT2D eigenvalue weighted by Crippen LogP contribution is 2.40. The fourth-order valence-corrected chi connectivity index (χ4v) is 11.1. The molecule has 0 amide bonds. The second-order valence-electron chi connectivity index (χ2n) is 19.8. The van der Waals surface area contributed by atoms with Crippen molar-refractivity contribution in [3.8, 4) is 5.75 Å². The van der Waals surface area contributed by atoms with Crippen LogP contribution in [0, 0.1) is 29.6 Å². The quantitative estimate of drug-likeness (QED) is 0.209. The van der Waals surface area contributed by atoms with Crippen LogP contribution in [0.5, 0.6) is 5.75 Å². The van der Waals surface area contributed by atoms with Gasteiger partial charge in [-0.05, 0) is 132 Å². The van der Waals surface area contributed by atoms with Crippen LogP contribution in [0.2, 0.25) is 0 Å². The van der Waals surface area contributed by atoms with Crippen LogP contribution in [0.1, 0.15) is 131 Å². The van der Waals surface area contributed by atoms with Crippen molar-refractivity contribution in [3.63, 3.8) is 0 Å². The predicted molar refractivity (Wildman–Crippen MR) is 253 cm³/mol. The number of fused-ring (bicyclic) bond motifs is 3. The summed E-state index contributed by atoms with van der Waals surface area (Å²) in [6.45, 7) is 16.0. The Bertz CT molecular complexity index is 1570. The van der Waals surface area contributed by atoms with Gasteiger partial charge in [0.2, 0.25) is 0 Å². The minimum Gasteiger partial charge on any atom is -0.497 e. The van der Waals surface area contributed by atoms with E-state index >= 15 is 0 Å². The number of allylic oxidation sites excluding steroid dienone is 3. The molecule has 63 heavy (non-hydrogen) atoms. The summed E-state index contributed by atoms with van der Waals surface area (Å²) in [6, 6.07) is 8.23. The van der Waals surface area contributed by atoms with Crippen LogP contribution in [-0.2, 0) is 28.4 Å². The molecule has 358 valence electrons. The summed E-state index contributed by atoms with van der Waals surface area (Å²) in [5.41, 5.74) is 3.66. The SMILES string of the molecule is CCC1C=C(C)CC(C)CC(OC)C2OC(O)(CCN3CCCCC3COC(C(C)=CC3CCC(OCC=Cc4ccc(OC)cc4)C(OC)C3)C(C)C(O)CC1)C(C)CC2OC. The van der Waals surface area contributed by atoms with Gasteiger partial charge < -0.3 is 43.4 Å². The van der Waals surface area contributed by atoms with E-state index in [0.29, 0.717) is 50.4 Å². The molecule has 14 atom stereocenters. The highest BCUT2D eigenvalue weighted by Gasteiger charge is 2.49. The number of hydrogen-bond donors (Lipinski definition) is 2. The van der Waals surface area contributed by atoms with Crippen molar-refractivity contribution >= 4 is 6.08 Å². The van der Waals surface area contributed by atoms with Gasteiger partial charge in [0, 0.05) is 52.2 Å². The zero-order valence-electron chi connectivity index (χ0n) is 40.8. The lowest BCUT2D eigenvalue weighted by Gasteiger charge is -2.48. The zero-order valence-corrected chi connectivity index (χ0v) is 40.8. The highest BCUT2D eigenvalue weighted by atomic mass is 16.7. The maximum atomic E-state index is 12.3. The molecular weight excluding hydrogens is 795 g/mol. The first-order valence-electron chi connectivity index (χ1n) is 24.6. The fourth-order valence-electron chi connectivity index (χ4n) is 11.1. The molecule has 2 saturated heterocycles. The summed E-state index contributed by atoms with van der Waals surface area (Å²) < 4.78 is 43.7. The maximum Gasteiger partial charge on any atom is 0.169 e. The summed E-state index contributed by atoms with van der Waals surface area (Å²) >= 11 is 0. The number of rotatable bonds is 11. The monoisotopic (exact) mass is 882 g/mol. The molecule has 3 aliphatic heterocycles. The molecule has 0 radical (unpaired) electrons. The van der Waals surface area contributed by atoms with E-state index in [1.807, 2.05) is 24.3 Å². The van der Waals surface area contributed by atoms with E-state index in [9.17, 15) is 10.2 Å². The van der Waals surface area contributed by atoms with Gasteiger partial charge in [-0.15, -0.1) is 0 Å². The predicted octanol–water partition coefficient (Wildman–Crippen LogP) is 9.81. The van der Waals surface area contributed by atoms with Crippen LogP contribution in [0.25, 0.3) is 6.08 Å². The molecule has 1 saturated carbocycles. The molecule has 3 heterocycles. The second kappa shape index (κ2) is 25.7. The first-order valence-corrected chi connectivity index (χ1v) is 24.6. The standard InChI is InChI=1S/C53H87NO9/c1-11-41-19-23-46(55)40(6)51(38(4)32-43-20-24-47(48(34-43)58-8)61-28-14-15-42-17-21-45(57-7)22-18-42)62-35-44-16-12-13-26-54(44)27-25-53(56)39(5)33-50(60-10)52(63-53)49(59-9)31-37(3)29-36(2)30-41/h14-15,17-18,21-22,30,32,37,39-41,43-44,46-52,55-56H,11-13,16,19-20,23-29,31,33-35H2,1-10H3. The Kier molecular flexibility index (Phi) is 21.2. The number of ether oxygens (including phenoxy) is 7. The van der Waals surface area contributed by atoms with Gasteiger partial charge in [0.1, 0.15) is 11.9 Å². The summed E-state index contributed by atoms with van der Waals surface area (Å²) in [5, 5.41) is 24.2. The molecule has 2 bridgehead atoms. The van der Waals surface area contributed by atoms with Crippen molar-refractivity contribution in [1.82, 2.24) is 4.90 Å². The van der Waals surface area contributed by atoms with Gasteiger partial charge >= 0.3 is 0 Å². The van der Waals surface area contributed by atoms with E-state index in [-0.39, 0.29) is 54.5 Å². The van der Waals surface area contributed by atoms with Gasteiger partial charge in [-0.3, -0.25) is 4.90 Å². The lowest BCUT2D eigenvalue weighted by Crippen LogP contribution is -2.58. The highest BCUT2D eigenvalue weighted by molar-refractivity contribution is 5.50. The molecule has 14 unspecified atom stereocenters. The number of aliphatic hydroxyl groups is 2. The third kappa shape index (κ3) is 14.9. The molecule has 1 aliphatic carbocycles. The van der Waals surface area contributed by atoms with Crippen molar-refractivity contribution in [2.24, 2.45) is 29.6 Å². The fraction of sp³-hybridized carbons (Fsp3) is 0.774. The van der Waals surface area contributed by atoms with Crippen molar-refractivity contribution in [1.29, 1.82) is 0 Å². The molecule has 0 spiro atoms. The first-order chi connectivity index (χ1) is 30.3. The number of aliphatic hydroxyl groups excluding tert-OH is 1. The van der Waals surface area contributed by atoms with Crippen LogP contribution in [0.4, 0.5) is 0 Å². The molecule has 5 rings (SSSR count). The minimum atomic E-state index is -1.29. The van der Waals surface area contributed by atoms with Crippen molar-refractivity contribution in [2.75, 3.05) is 54.7 Å². The largest absolute Gasteiger partial charge is 0.497 e. The third-order valence-electron chi connectivity index (χ3n) is 15.1. The molecule has 2 N–H and O–H groups in total. The second-order valence-corrected chi connectivity index (χ2v) is 19.8. The van der Waals surface area contributed by atoms with E-state index < -0.39 is 11.9 Å². The number of benzene rings is 1. The number of piperidine rings is 1. The summed E-state index contributed by atoms with van der Waals surface area (Å²) in [7, 11) is 6.99. The van der Waals surface area contributed by atoms with Crippen molar-refractivity contribution < 1.29 is 43.4 Å². The van der Waals surface area contributed by atoms with Crippen LogP contribution in [0.3, 0.4) is 0 Å². The van der Waals surface area contributed by atoms with Gasteiger partial charge in [0.25, 0.3) is 0 Å². The average Bonchev–Trinajstić information content (AvgIpc) is 3.28. The summed E-state index contributed by atoms with van der Waals surface area (Å²) in [5.74, 6) is 0.449. The Balaban J connectivity index is 1.33. The molecule has 1 aromatic carbocycles. The molecule has 10 heteroatoms. The third-order valence-corrected chi connectivity index (χ3v) is 15.1. The Hall–Kier alpha value is -2.12. The van der Waals surface area contributed by atoms with Gasteiger partial charge in [-0.25, -0.2) is 0 Å². The first kappa shape index (κ1) is 51.9. The Labute approximate surface area is 382 Å². The van der Waals surface area contributed by atoms with Gasteiger partial charge in [-0.1, -0.05) is 76.1 Å². The van der Waals surface area contributed by atoms with Crippen LogP contribution >= 0.6 is 0 Å². The summed E-state index contributed by atoms with van der Waals surface area (Å²) in [6.07, 6.45) is 19.4. The Morgan fingerprint density at radius 1 is 0.873 bits per heavy atom. The zero-order chi connectivity index (χ0) is 45.5. The Morgan fingerprint density at radius 2 is 1.60 bits per heavy atom. The molecule has 3 fully saturated rings. The maximum absolute atomic E-state index is 12.3. The summed E-state index contributed by atoms with van der Waals surface area (Å²) in [4.78, 5) is 2.52. The number of methoxy groups -OCH3 is 4. The van der Waals surface area contributed by atoms with Gasteiger partial charge in [0.05, 0.1) is 56.9 Å². The molecule has 1 aromatic rings. The lowest BCUT2D eigenvalue weighted by molar-refractivity contribution is -0.324. The lowest BCUT2D eigenvalue weighted by atomic mass is 9.81. The van der Waals surface area contributed by atoms with Crippen molar-refractivity contribution in [2.45, 2.75) is 180 Å². The van der Waals surface area contributed by atoms with Gasteiger partial charge in [0.15, 0.2) is 5.79 Å². The van der Waals surface area contributed by atoms with Crippen LogP contribution in [0.15, 0.2) is 53.6 Å². The van der Waals surface area contributed by atoms with Gasteiger partial charge in [-0.2, -0.15) is 0 Å². The van der Waals surface area contributed by atoms with E-state index in [1.165, 1.54) is 11.1 Å². The number of nitrogens with zero attached hydrogens (tertiary/aromatic N) is 1. The van der Waals surface area contributed by atoms with E-state index in [0.717, 1.165) is 88.5 Å². The average molecular weight is 882 g/mol. The molecule has 0 aromatic heterocycles. The van der Waals surface area contributed by atoms with E-state index in [2.05, 4.69) is 70.7 Å². The molecular formula is C53H87NO9. The molecule has 4 aliphatic rings. The van der Waals surface area contributed by atoms with Crippen LogP contribution < -0.4 is 4.74 Å². The van der Waals surface area contributed by atoms with E-state index in [1.54, 1.807) is 28.4 Å². The Morgan fingerprint density at radius 3 is 2.30 bits per heavy atom. The molecule has 10 nitrogen and oxygen atoms in total. The normalized spacial score (nSPS) is 37.7. The van der Waals surface area contributed by atoms with E-state index in [4.69, 9.17) is 33.2 Å². The smallest absolute Gasteiger partial charge is 0.169 e.